The van der Waals surface area contributed by atoms with Crippen molar-refractivity contribution in [2.45, 2.75) is 19.6 Å². The molecule has 0 fully saturated rings. The number of halogens is 3. The molecule has 0 aliphatic heterocycles. The van der Waals surface area contributed by atoms with Gasteiger partial charge in [0.05, 0.1) is 5.56 Å². The molecule has 0 bridgehead atoms. The molecule has 0 aliphatic carbocycles. The maximum Gasteiger partial charge on any atom is 0.418 e. The number of pyridine rings is 1. The Morgan fingerprint density at radius 2 is 2.06 bits per heavy atom. The van der Waals surface area contributed by atoms with E-state index in [4.69, 9.17) is 0 Å². The molecule has 0 amide bonds. The Bertz CT molecular complexity index is 514. The van der Waals surface area contributed by atoms with Gasteiger partial charge in [-0.25, -0.2) is 0 Å². The highest BCUT2D eigenvalue weighted by Crippen LogP contribution is 2.31. The van der Waals surface area contributed by atoms with Crippen molar-refractivity contribution in [3.63, 3.8) is 0 Å². The molecule has 0 N–H and O–H groups in total. The van der Waals surface area contributed by atoms with Gasteiger partial charge in [0.1, 0.15) is 0 Å². The number of rotatable bonds is 2. The smallest absolute Gasteiger partial charge is 0.347 e. The maximum absolute atomic E-state index is 12.7. The van der Waals surface area contributed by atoms with Crippen molar-refractivity contribution in [2.75, 3.05) is 0 Å². The average molecular weight is 240 g/mol. The van der Waals surface area contributed by atoms with Crippen LogP contribution in [0.1, 0.15) is 16.8 Å². The summed E-state index contributed by atoms with van der Waals surface area (Å²) in [5.74, 6) is 0. The van der Waals surface area contributed by atoms with Crippen LogP contribution in [0.25, 0.3) is 0 Å². The number of hydrogen-bond donors (Lipinski definition) is 0. The molecule has 0 spiro atoms. The summed E-state index contributed by atoms with van der Waals surface area (Å²) >= 11 is 0. The van der Waals surface area contributed by atoms with E-state index in [0.717, 1.165) is 11.9 Å². The third-order valence-electron chi connectivity index (χ3n) is 2.61. The van der Waals surface area contributed by atoms with Gasteiger partial charge in [-0.15, -0.1) is 0 Å². The van der Waals surface area contributed by atoms with Gasteiger partial charge in [0.15, 0.2) is 0 Å². The van der Waals surface area contributed by atoms with Crippen molar-refractivity contribution in [2.24, 2.45) is 0 Å². The second kappa shape index (κ2) is 4.24. The van der Waals surface area contributed by atoms with Gasteiger partial charge in [0.25, 0.3) is 0 Å². The third-order valence-corrected chi connectivity index (χ3v) is 2.61. The summed E-state index contributed by atoms with van der Waals surface area (Å²) in [6.07, 6.45) is -0.349. The van der Waals surface area contributed by atoms with Gasteiger partial charge in [0, 0.05) is 30.8 Å². The lowest BCUT2D eigenvalue weighted by Gasteiger charge is -2.13. The maximum atomic E-state index is 12.7. The molecule has 0 aliphatic rings. The van der Waals surface area contributed by atoms with E-state index in [0.29, 0.717) is 0 Å². The van der Waals surface area contributed by atoms with Crippen LogP contribution in [-0.4, -0.2) is 9.55 Å². The van der Waals surface area contributed by atoms with E-state index in [-0.39, 0.29) is 12.1 Å². The van der Waals surface area contributed by atoms with Crippen LogP contribution in [0.15, 0.2) is 36.8 Å². The van der Waals surface area contributed by atoms with Gasteiger partial charge in [-0.05, 0) is 30.7 Å². The van der Waals surface area contributed by atoms with E-state index < -0.39 is 11.7 Å². The average Bonchev–Trinajstić information content (AvgIpc) is 2.64. The van der Waals surface area contributed by atoms with Crippen LogP contribution in [0.4, 0.5) is 13.2 Å². The number of hydrogen-bond acceptors (Lipinski definition) is 1. The number of aryl methyl sites for hydroxylation is 1. The molecule has 0 unspecified atom stereocenters. The molecule has 17 heavy (non-hydrogen) atoms. The van der Waals surface area contributed by atoms with Crippen LogP contribution in [-0.2, 0) is 12.7 Å². The second-order valence-electron chi connectivity index (χ2n) is 3.81. The Morgan fingerprint density at radius 1 is 1.29 bits per heavy atom. The van der Waals surface area contributed by atoms with Crippen LogP contribution in [0, 0.1) is 6.92 Å². The van der Waals surface area contributed by atoms with Crippen molar-refractivity contribution >= 4 is 0 Å². The first-order chi connectivity index (χ1) is 7.98. The predicted octanol–water partition coefficient (Wildman–Crippen LogP) is 3.26. The summed E-state index contributed by atoms with van der Waals surface area (Å²) in [5, 5.41) is 0. The van der Waals surface area contributed by atoms with Crippen LogP contribution < -0.4 is 0 Å². The highest BCUT2D eigenvalue weighted by atomic mass is 19.4. The minimum Gasteiger partial charge on any atom is -0.347 e. The molecular weight excluding hydrogens is 229 g/mol. The highest BCUT2D eigenvalue weighted by Gasteiger charge is 2.33. The number of alkyl halides is 3. The lowest BCUT2D eigenvalue weighted by Crippen LogP contribution is -2.12. The summed E-state index contributed by atoms with van der Waals surface area (Å²) in [6, 6.07) is 5.07. The number of nitrogens with zero attached hydrogens (tertiary/aromatic N) is 2. The molecule has 0 saturated carbocycles. The molecule has 0 radical (unpaired) electrons. The zero-order chi connectivity index (χ0) is 12.5. The van der Waals surface area contributed by atoms with Gasteiger partial charge < -0.3 is 4.57 Å². The fraction of sp³-hybridized carbons (Fsp3) is 0.250. The lowest BCUT2D eigenvalue weighted by molar-refractivity contribution is -0.138. The summed E-state index contributed by atoms with van der Waals surface area (Å²) in [6.45, 7) is 2.06. The molecule has 2 nitrogen and oxygen atoms in total. The minimum absolute atomic E-state index is 0.205. The van der Waals surface area contributed by atoms with Gasteiger partial charge in [-0.1, -0.05) is 0 Å². The molecule has 0 saturated heterocycles. The fourth-order valence-corrected chi connectivity index (χ4v) is 1.68. The SMILES string of the molecule is Cc1cccn1Cc1ccncc1C(F)(F)F. The standard InChI is InChI=1S/C12H11F3N2/c1-9-3-2-6-17(9)8-10-4-5-16-7-11(10)12(13,14)15/h2-7H,8H2,1H3. The van der Waals surface area contributed by atoms with Crippen molar-refractivity contribution in [3.05, 3.63) is 53.6 Å². The quantitative estimate of drug-likeness (QED) is 0.787. The largest absolute Gasteiger partial charge is 0.418 e. The van der Waals surface area contributed by atoms with Crippen LogP contribution in [0.5, 0.6) is 0 Å². The summed E-state index contributed by atoms with van der Waals surface area (Å²) < 4.78 is 40.0. The molecule has 2 heterocycles. The highest BCUT2D eigenvalue weighted by molar-refractivity contribution is 5.27. The van der Waals surface area contributed by atoms with Gasteiger partial charge in [0.2, 0.25) is 0 Å². The minimum atomic E-state index is -4.36. The second-order valence-corrected chi connectivity index (χ2v) is 3.81. The molecule has 2 aromatic rings. The molecule has 2 rings (SSSR count). The van der Waals surface area contributed by atoms with Crippen molar-refractivity contribution in [1.29, 1.82) is 0 Å². The summed E-state index contributed by atoms with van der Waals surface area (Å²) in [4.78, 5) is 3.53. The van der Waals surface area contributed by atoms with Crippen LogP contribution in [0.3, 0.4) is 0 Å². The third kappa shape index (κ3) is 2.49. The van der Waals surface area contributed by atoms with Gasteiger partial charge in [-0.3, -0.25) is 4.98 Å². The Hall–Kier alpha value is -1.78. The first-order valence-electron chi connectivity index (χ1n) is 5.10. The Labute approximate surface area is 96.7 Å². The molecule has 0 aromatic carbocycles. The first-order valence-corrected chi connectivity index (χ1v) is 5.10. The Kier molecular flexibility index (Phi) is 2.92. The number of aromatic nitrogens is 2. The zero-order valence-electron chi connectivity index (χ0n) is 9.20. The first kappa shape index (κ1) is 11.7. The van der Waals surface area contributed by atoms with Crippen molar-refractivity contribution in [3.8, 4) is 0 Å². The zero-order valence-corrected chi connectivity index (χ0v) is 9.20. The van der Waals surface area contributed by atoms with E-state index in [9.17, 15) is 13.2 Å². The van der Waals surface area contributed by atoms with Crippen molar-refractivity contribution in [1.82, 2.24) is 9.55 Å². The molecule has 2 aromatic heterocycles. The molecule has 5 heteroatoms. The molecular formula is C12H11F3N2. The van der Waals surface area contributed by atoms with E-state index in [1.54, 1.807) is 10.8 Å². The summed E-state index contributed by atoms with van der Waals surface area (Å²) in [7, 11) is 0. The van der Waals surface area contributed by atoms with Crippen LogP contribution >= 0.6 is 0 Å². The van der Waals surface area contributed by atoms with E-state index >= 15 is 0 Å². The molecule has 90 valence electrons. The van der Waals surface area contributed by atoms with E-state index in [1.165, 1.54) is 12.3 Å². The monoisotopic (exact) mass is 240 g/mol. The van der Waals surface area contributed by atoms with E-state index in [2.05, 4.69) is 4.98 Å². The van der Waals surface area contributed by atoms with E-state index in [1.807, 2.05) is 19.1 Å². The molecule has 0 atom stereocenters. The summed E-state index contributed by atoms with van der Waals surface area (Å²) in [5.41, 5.74) is 0.481. The lowest BCUT2D eigenvalue weighted by atomic mass is 10.1. The topological polar surface area (TPSA) is 17.8 Å². The Morgan fingerprint density at radius 3 is 2.65 bits per heavy atom. The van der Waals surface area contributed by atoms with Gasteiger partial charge in [-0.2, -0.15) is 13.2 Å². The van der Waals surface area contributed by atoms with Crippen LogP contribution in [0.2, 0.25) is 0 Å². The Balaban J connectivity index is 2.37. The van der Waals surface area contributed by atoms with Crippen molar-refractivity contribution < 1.29 is 13.2 Å². The predicted molar refractivity (Wildman–Crippen MR) is 57.5 cm³/mol. The van der Waals surface area contributed by atoms with Gasteiger partial charge >= 0.3 is 6.18 Å². The fourth-order valence-electron chi connectivity index (χ4n) is 1.68. The normalized spacial score (nSPS) is 11.8.